The van der Waals surface area contributed by atoms with Crippen LogP contribution in [0, 0.1) is 18.3 Å². The van der Waals surface area contributed by atoms with Crippen molar-refractivity contribution in [3.05, 3.63) is 18.0 Å². The highest BCUT2D eigenvalue weighted by Gasteiger charge is 2.15. The minimum atomic E-state index is -0.681. The molecule has 0 aliphatic carbocycles. The van der Waals surface area contributed by atoms with Crippen LogP contribution in [0.1, 0.15) is 31.9 Å². The van der Waals surface area contributed by atoms with Crippen LogP contribution >= 0.6 is 0 Å². The van der Waals surface area contributed by atoms with Crippen LogP contribution in [0.3, 0.4) is 0 Å². The highest BCUT2D eigenvalue weighted by molar-refractivity contribution is 5.00. The van der Waals surface area contributed by atoms with E-state index in [1.165, 1.54) is 0 Å². The van der Waals surface area contributed by atoms with E-state index in [-0.39, 0.29) is 0 Å². The molecule has 0 aliphatic rings. The lowest BCUT2D eigenvalue weighted by atomic mass is 9.98. The van der Waals surface area contributed by atoms with E-state index in [1.807, 2.05) is 23.9 Å². The molecule has 1 aromatic heterocycles. The van der Waals surface area contributed by atoms with E-state index in [4.69, 9.17) is 11.0 Å². The molecule has 0 aliphatic heterocycles. The van der Waals surface area contributed by atoms with Crippen molar-refractivity contribution in [3.63, 3.8) is 0 Å². The Kier molecular flexibility index (Phi) is 3.87. The molecule has 0 bridgehead atoms. The molecule has 0 saturated carbocycles. The molecular weight excluding hydrogens is 188 g/mol. The summed E-state index contributed by atoms with van der Waals surface area (Å²) in [6, 6.07) is 4.09. The van der Waals surface area contributed by atoms with Gasteiger partial charge in [0.25, 0.3) is 0 Å². The molecule has 0 amide bonds. The fourth-order valence-corrected chi connectivity index (χ4v) is 1.41. The Hall–Kier alpha value is -1.34. The first-order valence-electron chi connectivity index (χ1n) is 5.24. The molecule has 1 heterocycles. The Balaban J connectivity index is 2.21. The number of nitrogens with two attached hydrogens (primary N) is 1. The van der Waals surface area contributed by atoms with Crippen molar-refractivity contribution in [2.75, 3.05) is 0 Å². The SMILES string of the molecule is Cc1ccn(CCCCC(C)(N)C#N)n1. The maximum absolute atomic E-state index is 8.72. The predicted molar refractivity (Wildman–Crippen MR) is 59.0 cm³/mol. The monoisotopic (exact) mass is 206 g/mol. The van der Waals surface area contributed by atoms with Gasteiger partial charge in [-0.2, -0.15) is 10.4 Å². The van der Waals surface area contributed by atoms with E-state index >= 15 is 0 Å². The predicted octanol–water partition coefficient (Wildman–Crippen LogP) is 1.60. The highest BCUT2D eigenvalue weighted by atomic mass is 15.3. The molecule has 1 atom stereocenters. The van der Waals surface area contributed by atoms with Gasteiger partial charge in [-0.1, -0.05) is 0 Å². The first-order chi connectivity index (χ1) is 7.03. The Bertz CT molecular complexity index is 346. The molecule has 1 unspecified atom stereocenters. The second kappa shape index (κ2) is 4.94. The first-order valence-corrected chi connectivity index (χ1v) is 5.24. The zero-order chi connectivity index (χ0) is 11.3. The summed E-state index contributed by atoms with van der Waals surface area (Å²) in [5.41, 5.74) is 6.07. The van der Waals surface area contributed by atoms with Crippen molar-refractivity contribution in [1.82, 2.24) is 9.78 Å². The molecule has 82 valence electrons. The third kappa shape index (κ3) is 4.13. The summed E-state index contributed by atoms with van der Waals surface area (Å²) in [6.45, 7) is 4.64. The van der Waals surface area contributed by atoms with Crippen molar-refractivity contribution < 1.29 is 0 Å². The van der Waals surface area contributed by atoms with Crippen molar-refractivity contribution in [1.29, 1.82) is 5.26 Å². The van der Waals surface area contributed by atoms with Gasteiger partial charge in [0.2, 0.25) is 0 Å². The summed E-state index contributed by atoms with van der Waals surface area (Å²) >= 11 is 0. The second-order valence-electron chi connectivity index (χ2n) is 4.21. The molecule has 0 radical (unpaired) electrons. The Morgan fingerprint density at radius 1 is 1.60 bits per heavy atom. The molecule has 15 heavy (non-hydrogen) atoms. The van der Waals surface area contributed by atoms with Crippen LogP contribution in [-0.2, 0) is 6.54 Å². The largest absolute Gasteiger partial charge is 0.314 e. The van der Waals surface area contributed by atoms with E-state index in [1.54, 1.807) is 6.92 Å². The third-order valence-electron chi connectivity index (χ3n) is 2.36. The third-order valence-corrected chi connectivity index (χ3v) is 2.36. The number of rotatable bonds is 5. The van der Waals surface area contributed by atoms with Crippen molar-refractivity contribution in [2.45, 2.75) is 45.2 Å². The summed E-state index contributed by atoms with van der Waals surface area (Å²) < 4.78 is 1.93. The molecule has 4 nitrogen and oxygen atoms in total. The van der Waals surface area contributed by atoms with Crippen LogP contribution in [0.5, 0.6) is 0 Å². The van der Waals surface area contributed by atoms with Crippen molar-refractivity contribution in [3.8, 4) is 6.07 Å². The molecule has 0 saturated heterocycles. The summed E-state index contributed by atoms with van der Waals surface area (Å²) in [7, 11) is 0. The summed E-state index contributed by atoms with van der Waals surface area (Å²) in [4.78, 5) is 0. The zero-order valence-electron chi connectivity index (χ0n) is 9.40. The summed E-state index contributed by atoms with van der Waals surface area (Å²) in [5, 5.41) is 13.0. The average Bonchev–Trinajstić information content (AvgIpc) is 2.59. The van der Waals surface area contributed by atoms with Crippen LogP contribution in [0.25, 0.3) is 0 Å². The van der Waals surface area contributed by atoms with E-state index in [0.717, 1.165) is 31.5 Å². The fraction of sp³-hybridized carbons (Fsp3) is 0.636. The minimum Gasteiger partial charge on any atom is -0.314 e. The van der Waals surface area contributed by atoms with Crippen LogP contribution in [0.4, 0.5) is 0 Å². The number of nitrogens with zero attached hydrogens (tertiary/aromatic N) is 3. The molecule has 1 aromatic rings. The number of aryl methyl sites for hydroxylation is 2. The van der Waals surface area contributed by atoms with Crippen LogP contribution < -0.4 is 5.73 Å². The quantitative estimate of drug-likeness (QED) is 0.744. The van der Waals surface area contributed by atoms with Crippen LogP contribution in [-0.4, -0.2) is 15.3 Å². The maximum Gasteiger partial charge on any atom is 0.101 e. The van der Waals surface area contributed by atoms with Gasteiger partial charge < -0.3 is 5.73 Å². The summed E-state index contributed by atoms with van der Waals surface area (Å²) in [5.74, 6) is 0. The van der Waals surface area contributed by atoms with Crippen LogP contribution in [0.2, 0.25) is 0 Å². The van der Waals surface area contributed by atoms with Gasteiger partial charge in [-0.25, -0.2) is 0 Å². The number of aromatic nitrogens is 2. The lowest BCUT2D eigenvalue weighted by molar-refractivity contribution is 0.474. The van der Waals surface area contributed by atoms with Gasteiger partial charge in [0.1, 0.15) is 5.54 Å². The van der Waals surface area contributed by atoms with Gasteiger partial charge >= 0.3 is 0 Å². The molecular formula is C11H18N4. The zero-order valence-corrected chi connectivity index (χ0v) is 9.40. The maximum atomic E-state index is 8.72. The number of hydrogen-bond donors (Lipinski definition) is 1. The smallest absolute Gasteiger partial charge is 0.101 e. The van der Waals surface area contributed by atoms with Gasteiger partial charge in [-0.3, -0.25) is 4.68 Å². The fourth-order valence-electron chi connectivity index (χ4n) is 1.41. The first kappa shape index (κ1) is 11.7. The molecule has 0 aromatic carbocycles. The van der Waals surface area contributed by atoms with Gasteiger partial charge in [-0.05, 0) is 39.2 Å². The Morgan fingerprint density at radius 2 is 2.33 bits per heavy atom. The molecule has 1 rings (SSSR count). The van der Waals surface area contributed by atoms with E-state index in [2.05, 4.69) is 11.2 Å². The topological polar surface area (TPSA) is 67.6 Å². The lowest BCUT2D eigenvalue weighted by Gasteiger charge is -2.14. The van der Waals surface area contributed by atoms with Gasteiger partial charge in [-0.15, -0.1) is 0 Å². The number of unbranched alkanes of at least 4 members (excludes halogenated alkanes) is 1. The lowest BCUT2D eigenvalue weighted by Crippen LogP contribution is -2.33. The Labute approximate surface area is 90.7 Å². The van der Waals surface area contributed by atoms with Crippen molar-refractivity contribution in [2.24, 2.45) is 5.73 Å². The summed E-state index contributed by atoms with van der Waals surface area (Å²) in [6.07, 6.45) is 4.68. The average molecular weight is 206 g/mol. The van der Waals surface area contributed by atoms with Crippen molar-refractivity contribution >= 4 is 0 Å². The Morgan fingerprint density at radius 3 is 2.87 bits per heavy atom. The number of hydrogen-bond acceptors (Lipinski definition) is 3. The molecule has 0 spiro atoms. The molecule has 4 heteroatoms. The van der Waals surface area contributed by atoms with E-state index in [0.29, 0.717) is 0 Å². The minimum absolute atomic E-state index is 0.681. The molecule has 0 fully saturated rings. The van der Waals surface area contributed by atoms with E-state index in [9.17, 15) is 0 Å². The highest BCUT2D eigenvalue weighted by Crippen LogP contribution is 2.09. The van der Waals surface area contributed by atoms with E-state index < -0.39 is 5.54 Å². The second-order valence-corrected chi connectivity index (χ2v) is 4.21. The molecule has 2 N–H and O–H groups in total. The van der Waals surface area contributed by atoms with Gasteiger partial charge in [0, 0.05) is 12.7 Å². The van der Waals surface area contributed by atoms with Gasteiger partial charge in [0.15, 0.2) is 0 Å². The number of nitriles is 1. The normalized spacial score (nSPS) is 14.5. The standard InChI is InChI=1S/C11H18N4/c1-10-5-8-15(14-10)7-4-3-6-11(2,13)9-12/h5,8H,3-4,6-7,13H2,1-2H3. The van der Waals surface area contributed by atoms with Gasteiger partial charge in [0.05, 0.1) is 11.8 Å². The van der Waals surface area contributed by atoms with Crippen LogP contribution in [0.15, 0.2) is 12.3 Å².